The number of aromatic nitrogens is 2. The Labute approximate surface area is 82.0 Å². The lowest BCUT2D eigenvalue weighted by Crippen LogP contribution is -1.84. The minimum absolute atomic E-state index is 0.489. The van der Waals surface area contributed by atoms with Crippen molar-refractivity contribution in [1.29, 1.82) is 5.26 Å². The van der Waals surface area contributed by atoms with Crippen LogP contribution in [-0.2, 0) is 0 Å². The van der Waals surface area contributed by atoms with Crippen molar-refractivity contribution in [2.24, 2.45) is 0 Å². The van der Waals surface area contributed by atoms with Crippen LogP contribution in [0.3, 0.4) is 0 Å². The Morgan fingerprint density at radius 1 is 1.36 bits per heavy atom. The molecule has 0 spiro atoms. The summed E-state index contributed by atoms with van der Waals surface area (Å²) in [5.74, 6) is 0.750. The Bertz CT molecular complexity index is 491. The first kappa shape index (κ1) is 8.52. The number of aromatic amines is 1. The minimum Gasteiger partial charge on any atom is -0.330 e. The second-order valence-corrected chi connectivity index (χ2v) is 3.07. The summed E-state index contributed by atoms with van der Waals surface area (Å²) < 4.78 is 0. The summed E-state index contributed by atoms with van der Waals surface area (Å²) in [6.45, 7) is 2.02. The summed E-state index contributed by atoms with van der Waals surface area (Å²) in [7, 11) is 0. The third-order valence-electron chi connectivity index (χ3n) is 2.10. The lowest BCUT2D eigenvalue weighted by Gasteiger charge is -2.00. The highest BCUT2D eigenvalue weighted by Crippen LogP contribution is 2.19. The van der Waals surface area contributed by atoms with Gasteiger partial charge in [0.25, 0.3) is 0 Å². The van der Waals surface area contributed by atoms with Crippen molar-refractivity contribution in [3.05, 3.63) is 41.7 Å². The number of hydrogen-bond acceptors (Lipinski definition) is 2. The molecule has 0 amide bonds. The van der Waals surface area contributed by atoms with Crippen molar-refractivity contribution in [3.8, 4) is 17.5 Å². The molecule has 0 atom stereocenters. The number of H-pyrrole nitrogens is 1. The molecule has 0 aliphatic carbocycles. The first-order valence-electron chi connectivity index (χ1n) is 4.32. The number of imidazole rings is 1. The third kappa shape index (κ3) is 1.38. The standard InChI is InChI=1S/C11H9N3/c1-8-4-2-3-5-10(8)11-13-7-9(6-12)14-11/h2-5,7H,1H3,(H,13,14). The molecule has 0 bridgehead atoms. The maximum atomic E-state index is 8.65. The number of aryl methyl sites for hydroxylation is 1. The van der Waals surface area contributed by atoms with Gasteiger partial charge in [0, 0.05) is 5.56 Å². The van der Waals surface area contributed by atoms with Crippen LogP contribution in [0, 0.1) is 18.3 Å². The van der Waals surface area contributed by atoms with Crippen LogP contribution in [0.25, 0.3) is 11.4 Å². The number of hydrogen-bond donors (Lipinski definition) is 1. The maximum absolute atomic E-state index is 8.65. The molecule has 3 heteroatoms. The molecule has 0 radical (unpaired) electrons. The fourth-order valence-corrected chi connectivity index (χ4v) is 1.35. The maximum Gasteiger partial charge on any atom is 0.138 e. The summed E-state index contributed by atoms with van der Waals surface area (Å²) >= 11 is 0. The molecule has 0 saturated heterocycles. The van der Waals surface area contributed by atoms with E-state index in [1.165, 1.54) is 0 Å². The quantitative estimate of drug-likeness (QED) is 0.737. The van der Waals surface area contributed by atoms with E-state index in [0.29, 0.717) is 5.69 Å². The van der Waals surface area contributed by atoms with Gasteiger partial charge in [-0.1, -0.05) is 24.3 Å². The highest BCUT2D eigenvalue weighted by molar-refractivity contribution is 5.60. The normalized spacial score (nSPS) is 9.71. The second-order valence-electron chi connectivity index (χ2n) is 3.07. The van der Waals surface area contributed by atoms with E-state index in [4.69, 9.17) is 5.26 Å². The number of benzene rings is 1. The molecule has 0 aliphatic rings. The average molecular weight is 183 g/mol. The monoisotopic (exact) mass is 183 g/mol. The van der Waals surface area contributed by atoms with Crippen molar-refractivity contribution in [2.45, 2.75) is 6.92 Å². The zero-order valence-electron chi connectivity index (χ0n) is 7.78. The highest BCUT2D eigenvalue weighted by atomic mass is 14.9. The second kappa shape index (κ2) is 3.35. The Morgan fingerprint density at radius 3 is 2.79 bits per heavy atom. The molecular formula is C11H9N3. The van der Waals surface area contributed by atoms with E-state index >= 15 is 0 Å². The summed E-state index contributed by atoms with van der Waals surface area (Å²) in [4.78, 5) is 7.09. The zero-order chi connectivity index (χ0) is 9.97. The number of nitrogens with zero attached hydrogens (tertiary/aromatic N) is 2. The highest BCUT2D eigenvalue weighted by Gasteiger charge is 2.04. The molecule has 0 saturated carbocycles. The van der Waals surface area contributed by atoms with E-state index in [-0.39, 0.29) is 0 Å². The molecule has 3 nitrogen and oxygen atoms in total. The molecule has 2 rings (SSSR count). The van der Waals surface area contributed by atoms with E-state index in [2.05, 4.69) is 9.97 Å². The van der Waals surface area contributed by atoms with Crippen molar-refractivity contribution >= 4 is 0 Å². The Morgan fingerprint density at radius 2 is 2.14 bits per heavy atom. The lowest BCUT2D eigenvalue weighted by molar-refractivity contribution is 1.27. The van der Waals surface area contributed by atoms with E-state index in [0.717, 1.165) is 17.0 Å². The van der Waals surface area contributed by atoms with E-state index in [9.17, 15) is 0 Å². The topological polar surface area (TPSA) is 52.5 Å². The van der Waals surface area contributed by atoms with Crippen LogP contribution in [0.15, 0.2) is 30.5 Å². The summed E-state index contributed by atoms with van der Waals surface area (Å²) in [5.41, 5.74) is 2.67. The van der Waals surface area contributed by atoms with Crippen LogP contribution in [0.5, 0.6) is 0 Å². The smallest absolute Gasteiger partial charge is 0.138 e. The molecule has 0 aliphatic heterocycles. The SMILES string of the molecule is Cc1ccccc1-c1ncc(C#N)[nH]1. The van der Waals surface area contributed by atoms with Crippen molar-refractivity contribution in [1.82, 2.24) is 9.97 Å². The lowest BCUT2D eigenvalue weighted by atomic mass is 10.1. The molecule has 0 fully saturated rings. The number of nitriles is 1. The molecule has 68 valence electrons. The summed E-state index contributed by atoms with van der Waals surface area (Å²) in [6.07, 6.45) is 1.54. The largest absolute Gasteiger partial charge is 0.330 e. The van der Waals surface area contributed by atoms with Gasteiger partial charge in [-0.2, -0.15) is 5.26 Å². The van der Waals surface area contributed by atoms with Crippen LogP contribution in [0.2, 0.25) is 0 Å². The summed E-state index contributed by atoms with van der Waals surface area (Å²) in [6, 6.07) is 9.95. The van der Waals surface area contributed by atoms with Gasteiger partial charge in [-0.05, 0) is 12.5 Å². The van der Waals surface area contributed by atoms with Crippen molar-refractivity contribution < 1.29 is 0 Å². The number of rotatable bonds is 1. The predicted octanol–water partition coefficient (Wildman–Crippen LogP) is 2.26. The van der Waals surface area contributed by atoms with Crippen LogP contribution in [0.4, 0.5) is 0 Å². The molecule has 14 heavy (non-hydrogen) atoms. The average Bonchev–Trinajstić information content (AvgIpc) is 2.67. The minimum atomic E-state index is 0.489. The van der Waals surface area contributed by atoms with Gasteiger partial charge in [0.05, 0.1) is 6.20 Å². The molecule has 1 N–H and O–H groups in total. The fraction of sp³-hybridized carbons (Fsp3) is 0.0909. The Balaban J connectivity index is 2.51. The van der Waals surface area contributed by atoms with Gasteiger partial charge in [0.1, 0.15) is 17.6 Å². The van der Waals surface area contributed by atoms with Gasteiger partial charge < -0.3 is 4.98 Å². The molecule has 1 aromatic heterocycles. The van der Waals surface area contributed by atoms with Gasteiger partial charge in [0.2, 0.25) is 0 Å². The van der Waals surface area contributed by atoms with Crippen molar-refractivity contribution in [2.75, 3.05) is 0 Å². The first-order chi connectivity index (χ1) is 6.81. The molecule has 2 aromatic rings. The summed E-state index contributed by atoms with van der Waals surface area (Å²) in [5, 5.41) is 8.65. The van der Waals surface area contributed by atoms with Crippen LogP contribution >= 0.6 is 0 Å². The van der Waals surface area contributed by atoms with E-state index in [1.807, 2.05) is 37.3 Å². The van der Waals surface area contributed by atoms with Crippen LogP contribution < -0.4 is 0 Å². The third-order valence-corrected chi connectivity index (χ3v) is 2.10. The van der Waals surface area contributed by atoms with Crippen LogP contribution in [0.1, 0.15) is 11.3 Å². The van der Waals surface area contributed by atoms with Gasteiger partial charge in [-0.15, -0.1) is 0 Å². The van der Waals surface area contributed by atoms with Crippen LogP contribution in [-0.4, -0.2) is 9.97 Å². The van der Waals surface area contributed by atoms with Crippen molar-refractivity contribution in [3.63, 3.8) is 0 Å². The Hall–Kier alpha value is -2.08. The number of nitrogens with one attached hydrogen (secondary N) is 1. The molecule has 1 heterocycles. The van der Waals surface area contributed by atoms with Gasteiger partial charge in [0.15, 0.2) is 0 Å². The first-order valence-corrected chi connectivity index (χ1v) is 4.32. The molecule has 1 aromatic carbocycles. The zero-order valence-corrected chi connectivity index (χ0v) is 7.78. The van der Waals surface area contributed by atoms with E-state index < -0.39 is 0 Å². The Kier molecular flexibility index (Phi) is 2.04. The predicted molar refractivity (Wildman–Crippen MR) is 53.5 cm³/mol. The fourth-order valence-electron chi connectivity index (χ4n) is 1.35. The van der Waals surface area contributed by atoms with Gasteiger partial charge in [-0.3, -0.25) is 0 Å². The van der Waals surface area contributed by atoms with E-state index in [1.54, 1.807) is 6.20 Å². The van der Waals surface area contributed by atoms with Gasteiger partial charge >= 0.3 is 0 Å². The van der Waals surface area contributed by atoms with Gasteiger partial charge in [-0.25, -0.2) is 4.98 Å². The molecule has 0 unspecified atom stereocenters. The molecular weight excluding hydrogens is 174 g/mol.